The summed E-state index contributed by atoms with van der Waals surface area (Å²) in [5.41, 5.74) is 10.9. The van der Waals surface area contributed by atoms with Crippen LogP contribution in [0.4, 0.5) is 0 Å². The highest BCUT2D eigenvalue weighted by molar-refractivity contribution is 6.33. The molecule has 0 aromatic heterocycles. The molecule has 2 aromatic rings. The maximum Gasteiger partial charge on any atom is 0.326 e. The van der Waals surface area contributed by atoms with Crippen molar-refractivity contribution < 1.29 is 82.7 Å². The largest absolute Gasteiger partial charge is 0.492 e. The number of likely N-dealkylation sites (tertiary alicyclic amines) is 2. The fraction of sp³-hybridized carbons (Fsp3) is 0.742. The second-order valence-electron chi connectivity index (χ2n) is 36.8. The number of hydrogen-bond acceptors (Lipinski definition) is 20. The van der Waals surface area contributed by atoms with Crippen molar-refractivity contribution in [2.45, 2.75) is 347 Å². The van der Waals surface area contributed by atoms with E-state index in [0.717, 1.165) is 127 Å². The number of carbonyl (C=O) groups is 9. The molecule has 2 saturated heterocycles. The maximum atomic E-state index is 14.7. The summed E-state index contributed by atoms with van der Waals surface area (Å²) in [4.78, 5) is 132. The van der Waals surface area contributed by atoms with Gasteiger partial charge in [-0.05, 0) is 180 Å². The zero-order valence-electron chi connectivity index (χ0n) is 70.9. The zero-order valence-corrected chi connectivity index (χ0v) is 72.4. The van der Waals surface area contributed by atoms with E-state index in [1.54, 1.807) is 29.2 Å². The minimum Gasteiger partial charge on any atom is -0.492 e. The molecule has 2 spiro atoms. The fourth-order valence-electron chi connectivity index (χ4n) is 16.9. The molecule has 4 aliphatic heterocycles. The van der Waals surface area contributed by atoms with Gasteiger partial charge in [0.1, 0.15) is 47.9 Å². The number of rotatable bonds is 36. The molecule has 116 heavy (non-hydrogen) atoms. The Hall–Kier alpha value is -6.61. The van der Waals surface area contributed by atoms with Crippen molar-refractivity contribution in [1.82, 2.24) is 20.4 Å². The first-order valence-corrected chi connectivity index (χ1v) is 44.1. The van der Waals surface area contributed by atoms with Crippen molar-refractivity contribution in [3.8, 4) is 11.5 Å². The van der Waals surface area contributed by atoms with Gasteiger partial charge in [0.05, 0.1) is 53.8 Å². The number of nitrogens with two attached hydrogens (primary N) is 2. The third-order valence-electron chi connectivity index (χ3n) is 24.2. The molecule has 7 fully saturated rings. The number of carboxylic acids is 1. The lowest BCUT2D eigenvalue weighted by Crippen LogP contribution is -2.57. The Kier molecular flexibility index (Phi) is 35.6. The molecule has 4 heterocycles. The molecule has 9 aliphatic rings. The summed E-state index contributed by atoms with van der Waals surface area (Å²) in [6.45, 7) is 22.2. The molecule has 2 aromatic carbocycles. The van der Waals surface area contributed by atoms with Gasteiger partial charge in [0, 0.05) is 87.4 Å². The van der Waals surface area contributed by atoms with Crippen LogP contribution in [0.15, 0.2) is 46.7 Å². The summed E-state index contributed by atoms with van der Waals surface area (Å²) in [5.74, 6) is -0.103. The van der Waals surface area contributed by atoms with E-state index < -0.39 is 82.3 Å². The highest BCUT2D eigenvalue weighted by Gasteiger charge is 2.58. The molecule has 648 valence electrons. The van der Waals surface area contributed by atoms with Crippen LogP contribution >= 0.6 is 23.2 Å². The summed E-state index contributed by atoms with van der Waals surface area (Å²) < 4.78 is 11.1. The molecule has 0 radical (unpaired) electrons. The minimum absolute atomic E-state index is 0.0353. The third kappa shape index (κ3) is 27.7. The second kappa shape index (κ2) is 43.6. The number of aliphatic carboxylic acids is 1. The Bertz CT molecular complexity index is 3690. The van der Waals surface area contributed by atoms with Gasteiger partial charge in [0.2, 0.25) is 23.6 Å². The Morgan fingerprint density at radius 3 is 1.21 bits per heavy atom. The number of Topliss-reactive ketones (excluding diaryl/α,β-unsaturated/α-hetero) is 4. The van der Waals surface area contributed by atoms with Crippen LogP contribution in [0.5, 0.6) is 11.5 Å². The van der Waals surface area contributed by atoms with Crippen molar-refractivity contribution in [2.24, 2.45) is 68.1 Å². The minimum atomic E-state index is -1.22. The van der Waals surface area contributed by atoms with E-state index in [4.69, 9.17) is 53.8 Å². The van der Waals surface area contributed by atoms with Crippen molar-refractivity contribution in [3.63, 3.8) is 0 Å². The van der Waals surface area contributed by atoms with E-state index in [1.165, 1.54) is 17.7 Å². The van der Waals surface area contributed by atoms with Crippen LogP contribution in [0.2, 0.25) is 10.0 Å². The number of ketones is 4. The van der Waals surface area contributed by atoms with Crippen LogP contribution in [0.1, 0.15) is 293 Å². The molecule has 25 nitrogen and oxygen atoms in total. The zero-order chi connectivity index (χ0) is 85.0. The number of amides is 4. The van der Waals surface area contributed by atoms with Crippen molar-refractivity contribution in [3.05, 3.63) is 57.6 Å². The number of nitrogens with zero attached hydrogens (tertiary/aromatic N) is 4. The number of hydrogen-bond donors (Lipinski definition) is 8. The molecular weight excluding hydrogens is 1520 g/mol. The average molecular weight is 1660 g/mol. The Morgan fingerprint density at radius 2 is 0.871 bits per heavy atom. The van der Waals surface area contributed by atoms with Gasteiger partial charge in [-0.25, -0.2) is 4.79 Å². The van der Waals surface area contributed by atoms with E-state index in [2.05, 4.69) is 20.9 Å². The number of halogens is 2. The molecule has 4 amide bonds. The smallest absolute Gasteiger partial charge is 0.326 e. The number of carbonyl (C=O) groups excluding carboxylic acids is 8. The van der Waals surface area contributed by atoms with Crippen LogP contribution in [0.25, 0.3) is 0 Å². The van der Waals surface area contributed by atoms with Crippen LogP contribution in [-0.4, -0.2) is 186 Å². The summed E-state index contributed by atoms with van der Waals surface area (Å²) in [6, 6.07) is 6.36. The van der Waals surface area contributed by atoms with Gasteiger partial charge in [-0.1, -0.05) is 154 Å². The lowest BCUT2D eigenvalue weighted by atomic mass is 9.83. The molecule has 3 unspecified atom stereocenters. The number of aliphatic hydroxyl groups is 3. The standard InChI is InChI=1S/C40H58ClN3O7.C29H40ClN3O6.2C10H19NO2/c1-6-11-28(36(48)33(46)18-26-14-15-26)21-32(45)31-23-40(22-30(43-51-40)27-16-17-34(50-7-2)29(41)20-27)24-44(31)38(49)37(39(3,4)5)42-35(47)19-25-12-9-8-10-13-25;1-5-38-23-12-11-19(14-20(23)30)21-15-29(39-32-21)16-22(27(36)37)33(17-29)26(35)25(28(2,3)4)31-24(34)13-18-9-7-6-8-10-18;2*1-2-3-8(11)10(13)9(12)6-7-4-5-7/h16-17,20,25-26,28,31,36-37,48H,6-15,18-19,21-24H2,1-5H3,(H,42,47);11-12,14,18,22,25H,5-10,13,15-17H2,1-4H3,(H,31,34)(H,36,37);2*7-8,10,13H,2-6,11H2,1H3/t28-,31+,36?,37-,40-;22-,25+,29+;2*8-,10?/m1000/s1. The monoisotopic (exact) mass is 1660 g/mol. The Morgan fingerprint density at radius 1 is 0.517 bits per heavy atom. The number of aliphatic hydroxyl groups excluding tert-OH is 3. The van der Waals surface area contributed by atoms with Gasteiger partial charge in [0.15, 0.2) is 34.3 Å². The predicted molar refractivity (Wildman–Crippen MR) is 447 cm³/mol. The summed E-state index contributed by atoms with van der Waals surface area (Å²) in [5, 5.41) is 55.9. The summed E-state index contributed by atoms with van der Waals surface area (Å²) in [6.07, 6.45) is 22.0. The van der Waals surface area contributed by atoms with Gasteiger partial charge in [-0.3, -0.25) is 38.4 Å². The van der Waals surface area contributed by atoms with Gasteiger partial charge >= 0.3 is 5.97 Å². The van der Waals surface area contributed by atoms with E-state index >= 15 is 0 Å². The summed E-state index contributed by atoms with van der Waals surface area (Å²) >= 11 is 12.9. The SMILES string of the molecule is CCC[C@H](CC(=O)[C@@H]1C[C@]2(CC(c3ccc(OCC)c(Cl)c3)=NO2)CN1C(=O)[C@@H](NC(=O)CC1CCCCC1)C(C)(C)C)C(O)C(=O)CC1CC1.CCC[C@H](N)C(O)C(=O)CC1CC1.CCC[C@H](N)C(O)C(=O)CC1CC1.CCOc1ccc(C2=NO[C@]3(C2)C[C@@H](C(=O)O)N(C(=O)[C@@H](NC(=O)CC2CCCCC2)C(C)(C)C)C3)cc1Cl. The van der Waals surface area contributed by atoms with Crippen molar-refractivity contribution >= 4 is 87.4 Å². The highest BCUT2D eigenvalue weighted by atomic mass is 35.5. The Labute approximate surface area is 697 Å². The van der Waals surface area contributed by atoms with Crippen LogP contribution in [-0.2, 0) is 52.8 Å². The molecule has 5 aliphatic carbocycles. The molecule has 12 atom stereocenters. The van der Waals surface area contributed by atoms with E-state index in [1.807, 2.05) is 88.3 Å². The number of ether oxygens (including phenoxy) is 2. The van der Waals surface area contributed by atoms with Gasteiger partial charge in [-0.15, -0.1) is 0 Å². The molecular formula is C89H136Cl2N8O17. The van der Waals surface area contributed by atoms with Crippen molar-refractivity contribution in [1.29, 1.82) is 0 Å². The van der Waals surface area contributed by atoms with Gasteiger partial charge in [0.25, 0.3) is 0 Å². The molecule has 10 N–H and O–H groups in total. The van der Waals surface area contributed by atoms with Crippen LogP contribution in [0.3, 0.4) is 0 Å². The van der Waals surface area contributed by atoms with Gasteiger partial charge in [-0.2, -0.15) is 0 Å². The van der Waals surface area contributed by atoms with Crippen molar-refractivity contribution in [2.75, 3.05) is 26.3 Å². The van der Waals surface area contributed by atoms with E-state index in [9.17, 15) is 63.6 Å². The third-order valence-corrected chi connectivity index (χ3v) is 24.8. The molecule has 5 saturated carbocycles. The predicted octanol–water partition coefficient (Wildman–Crippen LogP) is 13.3. The normalized spacial score (nSPS) is 23.5. The summed E-state index contributed by atoms with van der Waals surface area (Å²) in [7, 11) is 0. The lowest BCUT2D eigenvalue weighted by molar-refractivity contribution is -0.150. The lowest BCUT2D eigenvalue weighted by Gasteiger charge is -2.36. The Balaban J connectivity index is 0.000000225. The fourth-order valence-corrected chi connectivity index (χ4v) is 17.4. The maximum absolute atomic E-state index is 14.7. The first-order valence-electron chi connectivity index (χ1n) is 43.4. The first kappa shape index (κ1) is 94.9. The quantitative estimate of drug-likeness (QED) is 0.0314. The number of benzene rings is 2. The van der Waals surface area contributed by atoms with Crippen LogP contribution in [0, 0.1) is 46.3 Å². The van der Waals surface area contributed by atoms with Gasteiger partial charge < -0.3 is 71.5 Å². The van der Waals surface area contributed by atoms with E-state index in [-0.39, 0.29) is 85.3 Å². The molecule has 27 heteroatoms. The highest BCUT2D eigenvalue weighted by Crippen LogP contribution is 2.45. The topological polar surface area (TPSA) is 379 Å². The molecule has 11 rings (SSSR count). The van der Waals surface area contributed by atoms with E-state index in [0.29, 0.717) is 134 Å². The number of nitrogens with one attached hydrogen (secondary N) is 2. The first-order chi connectivity index (χ1) is 54.9. The second-order valence-corrected chi connectivity index (χ2v) is 37.6. The number of carboxylic acid groups (broad SMARTS) is 1. The van der Waals surface area contributed by atoms with Crippen LogP contribution < -0.4 is 31.6 Å². The number of oxime groups is 2. The average Bonchev–Trinajstić information content (AvgIpc) is 1.60. The molecule has 0 bridgehead atoms.